The van der Waals surface area contributed by atoms with Crippen molar-refractivity contribution in [1.82, 2.24) is 0 Å². The van der Waals surface area contributed by atoms with Crippen molar-refractivity contribution in [1.29, 1.82) is 0 Å². The van der Waals surface area contributed by atoms with E-state index in [1.165, 1.54) is 81.9 Å². The number of alkyl halides is 1. The molecule has 212 valence electrons. The highest BCUT2D eigenvalue weighted by Gasteiger charge is 2.30. The summed E-state index contributed by atoms with van der Waals surface area (Å²) >= 11 is 0. The zero-order valence-electron chi connectivity index (χ0n) is 24.5. The van der Waals surface area contributed by atoms with Crippen LogP contribution in [0.4, 0.5) is 4.39 Å². The average Bonchev–Trinajstić information content (AvgIpc) is 3.32. The smallest absolute Gasteiger partial charge is 0.119 e. The third-order valence-corrected chi connectivity index (χ3v) is 8.15. The van der Waals surface area contributed by atoms with Gasteiger partial charge in [-0.25, -0.2) is 0 Å². The molecular weight excluding hydrogens is 461 g/mol. The van der Waals surface area contributed by atoms with Crippen LogP contribution in [-0.4, -0.2) is 38.8 Å². The minimum Gasteiger partial charge on any atom is -0.494 e. The predicted octanol–water partition coefficient (Wildman–Crippen LogP) is 9.73. The summed E-state index contributed by atoms with van der Waals surface area (Å²) in [6, 6.07) is 9.10. The van der Waals surface area contributed by atoms with Crippen molar-refractivity contribution in [2.24, 2.45) is 16.8 Å². The number of rotatable bonds is 22. The number of unbranched alkanes of at least 4 members (excludes halogenated alkanes) is 5. The second kappa shape index (κ2) is 19.6. The SMILES string of the molecule is CCCC(C)CC(CC)CCC1N=C(CCCCCCCOC)CC1c1ccc(OCCCCF)cc1. The Labute approximate surface area is 228 Å². The summed E-state index contributed by atoms with van der Waals surface area (Å²) in [7, 11) is 1.79. The summed E-state index contributed by atoms with van der Waals surface area (Å²) in [4.78, 5) is 5.34. The highest BCUT2D eigenvalue weighted by atomic mass is 19.1. The van der Waals surface area contributed by atoms with Gasteiger partial charge in [0.05, 0.1) is 19.3 Å². The van der Waals surface area contributed by atoms with E-state index in [0.717, 1.165) is 43.5 Å². The summed E-state index contributed by atoms with van der Waals surface area (Å²) in [6.07, 6.45) is 17.6. The number of aliphatic imine (C=N–C) groups is 1. The first-order valence-corrected chi connectivity index (χ1v) is 15.4. The van der Waals surface area contributed by atoms with E-state index in [1.54, 1.807) is 7.11 Å². The third-order valence-electron chi connectivity index (χ3n) is 8.15. The van der Waals surface area contributed by atoms with Crippen LogP contribution in [-0.2, 0) is 4.74 Å². The number of ether oxygens (including phenoxy) is 2. The van der Waals surface area contributed by atoms with Crippen molar-refractivity contribution >= 4 is 5.71 Å². The van der Waals surface area contributed by atoms with Gasteiger partial charge in [0.1, 0.15) is 5.75 Å². The van der Waals surface area contributed by atoms with Crippen LogP contribution in [0.2, 0.25) is 0 Å². The van der Waals surface area contributed by atoms with Crippen LogP contribution >= 0.6 is 0 Å². The first-order chi connectivity index (χ1) is 18.1. The van der Waals surface area contributed by atoms with E-state index < -0.39 is 0 Å². The quantitative estimate of drug-likeness (QED) is 0.143. The number of halogens is 1. The number of benzene rings is 1. The average molecular weight is 518 g/mol. The summed E-state index contributed by atoms with van der Waals surface area (Å²) in [5.74, 6) is 3.02. The van der Waals surface area contributed by atoms with Gasteiger partial charge in [0, 0.05) is 25.3 Å². The summed E-state index contributed by atoms with van der Waals surface area (Å²) in [5, 5.41) is 0. The molecule has 1 heterocycles. The van der Waals surface area contributed by atoms with E-state index in [1.807, 2.05) is 0 Å². The van der Waals surface area contributed by atoms with Gasteiger partial charge in [-0.3, -0.25) is 9.38 Å². The normalized spacial score (nSPS) is 19.1. The Morgan fingerprint density at radius 3 is 2.38 bits per heavy atom. The number of methoxy groups -OCH3 is 1. The Morgan fingerprint density at radius 2 is 1.68 bits per heavy atom. The molecule has 0 spiro atoms. The molecule has 0 amide bonds. The summed E-state index contributed by atoms with van der Waals surface area (Å²) in [5.41, 5.74) is 2.83. The van der Waals surface area contributed by atoms with Gasteiger partial charge >= 0.3 is 0 Å². The van der Waals surface area contributed by atoms with Gasteiger partial charge in [-0.15, -0.1) is 0 Å². The molecule has 37 heavy (non-hydrogen) atoms. The van der Waals surface area contributed by atoms with Crippen LogP contribution in [0.5, 0.6) is 5.75 Å². The first-order valence-electron chi connectivity index (χ1n) is 15.4. The second-order valence-corrected chi connectivity index (χ2v) is 11.4. The van der Waals surface area contributed by atoms with Crippen molar-refractivity contribution in [2.45, 2.75) is 129 Å². The molecule has 0 aliphatic carbocycles. The van der Waals surface area contributed by atoms with Gasteiger partial charge in [-0.2, -0.15) is 0 Å². The molecule has 1 aromatic carbocycles. The highest BCUT2D eigenvalue weighted by Crippen LogP contribution is 2.37. The lowest BCUT2D eigenvalue weighted by atomic mass is 9.83. The lowest BCUT2D eigenvalue weighted by molar-refractivity contribution is 0.192. The Balaban J connectivity index is 1.95. The summed E-state index contributed by atoms with van der Waals surface area (Å²) in [6.45, 7) is 8.30. The van der Waals surface area contributed by atoms with E-state index in [9.17, 15) is 4.39 Å². The maximum atomic E-state index is 12.3. The Kier molecular flexibility index (Phi) is 16.9. The number of nitrogens with zero attached hydrogens (tertiary/aromatic N) is 1. The van der Waals surface area contributed by atoms with Crippen LogP contribution in [0.1, 0.15) is 129 Å². The molecule has 2 rings (SSSR count). The Hall–Kier alpha value is -1.42. The fourth-order valence-corrected chi connectivity index (χ4v) is 5.92. The minimum atomic E-state index is -0.266. The van der Waals surface area contributed by atoms with E-state index >= 15 is 0 Å². The molecule has 4 heteroatoms. The lowest BCUT2D eigenvalue weighted by Gasteiger charge is -2.23. The van der Waals surface area contributed by atoms with Crippen LogP contribution < -0.4 is 4.74 Å². The molecular formula is C33H56FNO2. The molecule has 4 unspecified atom stereocenters. The maximum Gasteiger partial charge on any atom is 0.119 e. The van der Waals surface area contributed by atoms with Crippen LogP contribution in [0.3, 0.4) is 0 Å². The Bertz CT molecular complexity index is 720. The molecule has 4 atom stereocenters. The molecule has 1 aliphatic rings. The fraction of sp³-hybridized carbons (Fsp3) is 0.788. The molecule has 1 aliphatic heterocycles. The molecule has 0 bridgehead atoms. The van der Waals surface area contributed by atoms with Gasteiger partial charge in [-0.05, 0) is 87.3 Å². The van der Waals surface area contributed by atoms with Gasteiger partial charge in [0.2, 0.25) is 0 Å². The van der Waals surface area contributed by atoms with Crippen LogP contribution in [0.15, 0.2) is 29.3 Å². The van der Waals surface area contributed by atoms with Crippen LogP contribution in [0, 0.1) is 11.8 Å². The van der Waals surface area contributed by atoms with Gasteiger partial charge in [0.25, 0.3) is 0 Å². The highest BCUT2D eigenvalue weighted by molar-refractivity contribution is 5.87. The first kappa shape index (κ1) is 31.8. The topological polar surface area (TPSA) is 30.8 Å². The minimum absolute atomic E-state index is 0.266. The van der Waals surface area contributed by atoms with Crippen molar-refractivity contribution in [3.05, 3.63) is 29.8 Å². The molecule has 1 aromatic rings. The molecule has 0 saturated carbocycles. The standard InChI is InChI=1S/C33H56FNO2/c1-5-14-27(3)25-28(6-2)16-21-33-32(26-30(35-33)15-10-8-7-9-12-23-36-4)29-17-19-31(20-18-29)37-24-13-11-22-34/h17-20,27-28,32-33H,5-16,21-26H2,1-4H3. The zero-order valence-corrected chi connectivity index (χ0v) is 24.5. The van der Waals surface area contributed by atoms with E-state index in [0.29, 0.717) is 25.0 Å². The zero-order chi connectivity index (χ0) is 26.7. The van der Waals surface area contributed by atoms with E-state index in [4.69, 9.17) is 14.5 Å². The Morgan fingerprint density at radius 1 is 0.946 bits per heavy atom. The predicted molar refractivity (Wildman–Crippen MR) is 157 cm³/mol. The second-order valence-electron chi connectivity index (χ2n) is 11.4. The van der Waals surface area contributed by atoms with E-state index in [-0.39, 0.29) is 6.67 Å². The molecule has 0 fully saturated rings. The fourth-order valence-electron chi connectivity index (χ4n) is 5.92. The van der Waals surface area contributed by atoms with Gasteiger partial charge in [-0.1, -0.05) is 71.4 Å². The number of hydrogen-bond acceptors (Lipinski definition) is 3. The number of hydrogen-bond donors (Lipinski definition) is 0. The molecule has 0 aromatic heterocycles. The monoisotopic (exact) mass is 517 g/mol. The van der Waals surface area contributed by atoms with Crippen molar-refractivity contribution in [3.8, 4) is 5.75 Å². The lowest BCUT2D eigenvalue weighted by Crippen LogP contribution is -2.15. The summed E-state index contributed by atoms with van der Waals surface area (Å²) < 4.78 is 23.3. The van der Waals surface area contributed by atoms with Crippen molar-refractivity contribution in [2.75, 3.05) is 27.0 Å². The van der Waals surface area contributed by atoms with Crippen LogP contribution in [0.25, 0.3) is 0 Å². The van der Waals surface area contributed by atoms with Gasteiger partial charge < -0.3 is 9.47 Å². The largest absolute Gasteiger partial charge is 0.494 e. The third kappa shape index (κ3) is 12.8. The molecule has 3 nitrogen and oxygen atoms in total. The molecule has 0 N–H and O–H groups in total. The van der Waals surface area contributed by atoms with Crippen molar-refractivity contribution in [3.63, 3.8) is 0 Å². The molecule has 0 saturated heterocycles. The van der Waals surface area contributed by atoms with Gasteiger partial charge in [0.15, 0.2) is 0 Å². The molecule has 0 radical (unpaired) electrons. The maximum absolute atomic E-state index is 12.3. The van der Waals surface area contributed by atoms with Crippen molar-refractivity contribution < 1.29 is 13.9 Å². The van der Waals surface area contributed by atoms with E-state index in [2.05, 4.69) is 45.0 Å².